The van der Waals surface area contributed by atoms with Crippen LogP contribution in [0.4, 0.5) is 4.39 Å². The first-order valence-electron chi connectivity index (χ1n) is 4.23. The lowest BCUT2D eigenvalue weighted by Gasteiger charge is -1.98. The van der Waals surface area contributed by atoms with Crippen LogP contribution >= 0.6 is 0 Å². The Morgan fingerprint density at radius 1 is 1.67 bits per heavy atom. The van der Waals surface area contributed by atoms with Crippen LogP contribution in [-0.2, 0) is 9.63 Å². The minimum absolute atomic E-state index is 0.264. The Morgan fingerprint density at radius 2 is 2.40 bits per heavy atom. The Labute approximate surface area is 86.0 Å². The van der Waals surface area contributed by atoms with Crippen LogP contribution in [-0.4, -0.2) is 23.9 Å². The lowest BCUT2D eigenvalue weighted by molar-refractivity contribution is -0.142. The number of aryl methyl sites for hydroxylation is 1. The Hall–Kier alpha value is -1.91. The van der Waals surface area contributed by atoms with Crippen LogP contribution in [0.15, 0.2) is 23.4 Å². The molecule has 0 saturated heterocycles. The van der Waals surface area contributed by atoms with Gasteiger partial charge in [-0.2, -0.15) is 0 Å². The molecule has 0 radical (unpaired) electrons. The van der Waals surface area contributed by atoms with E-state index >= 15 is 0 Å². The van der Waals surface area contributed by atoms with E-state index in [0.717, 1.165) is 11.8 Å². The third-order valence-electron chi connectivity index (χ3n) is 1.61. The second-order valence-electron chi connectivity index (χ2n) is 2.93. The van der Waals surface area contributed by atoms with E-state index < -0.39 is 18.4 Å². The van der Waals surface area contributed by atoms with Gasteiger partial charge in [0.25, 0.3) is 0 Å². The number of carboxylic acid groups (broad SMARTS) is 1. The fourth-order valence-corrected chi connectivity index (χ4v) is 0.949. The van der Waals surface area contributed by atoms with Crippen LogP contribution in [0.25, 0.3) is 0 Å². The van der Waals surface area contributed by atoms with Crippen LogP contribution in [0.5, 0.6) is 0 Å². The Bertz CT molecular complexity index is 390. The standard InChI is InChI=1S/C10H10FNO3/c1-7-2-3-9(11)8(4-7)5-12-15-6-10(13)14/h2-5H,6H2,1H3,(H,13,14)/b12-5+. The molecule has 0 spiro atoms. The molecular formula is C10H10FNO3. The maximum Gasteiger partial charge on any atom is 0.344 e. The predicted octanol–water partition coefficient (Wildman–Crippen LogP) is 1.57. The first-order valence-corrected chi connectivity index (χ1v) is 4.23. The molecule has 0 aliphatic rings. The van der Waals surface area contributed by atoms with Crippen LogP contribution in [0.3, 0.4) is 0 Å². The largest absolute Gasteiger partial charge is 0.479 e. The molecule has 1 aromatic rings. The van der Waals surface area contributed by atoms with E-state index in [9.17, 15) is 9.18 Å². The summed E-state index contributed by atoms with van der Waals surface area (Å²) in [6.07, 6.45) is 1.14. The van der Waals surface area contributed by atoms with E-state index in [-0.39, 0.29) is 5.56 Å². The topological polar surface area (TPSA) is 58.9 Å². The molecular weight excluding hydrogens is 201 g/mol. The number of aliphatic carboxylic acids is 1. The van der Waals surface area contributed by atoms with Gasteiger partial charge in [-0.3, -0.25) is 0 Å². The second kappa shape index (κ2) is 5.09. The van der Waals surface area contributed by atoms with Crippen molar-refractivity contribution in [3.8, 4) is 0 Å². The number of carboxylic acids is 1. The summed E-state index contributed by atoms with van der Waals surface area (Å²) in [6.45, 7) is 1.28. The zero-order valence-electron chi connectivity index (χ0n) is 8.11. The van der Waals surface area contributed by atoms with E-state index in [1.807, 2.05) is 6.92 Å². The van der Waals surface area contributed by atoms with Gasteiger partial charge in [0.05, 0.1) is 6.21 Å². The summed E-state index contributed by atoms with van der Waals surface area (Å²) in [5.41, 5.74) is 1.15. The highest BCUT2D eigenvalue weighted by molar-refractivity contribution is 5.79. The van der Waals surface area contributed by atoms with Crippen LogP contribution in [0.2, 0.25) is 0 Å². The van der Waals surface area contributed by atoms with Crippen molar-refractivity contribution < 1.29 is 19.1 Å². The number of carbonyl (C=O) groups is 1. The second-order valence-corrected chi connectivity index (χ2v) is 2.93. The summed E-state index contributed by atoms with van der Waals surface area (Å²) >= 11 is 0. The Balaban J connectivity index is 2.63. The quantitative estimate of drug-likeness (QED) is 0.607. The number of oxime groups is 1. The van der Waals surface area contributed by atoms with Gasteiger partial charge in [-0.25, -0.2) is 9.18 Å². The average Bonchev–Trinajstić information content (AvgIpc) is 2.17. The van der Waals surface area contributed by atoms with Crippen molar-refractivity contribution in [3.63, 3.8) is 0 Å². The molecule has 0 fully saturated rings. The zero-order chi connectivity index (χ0) is 11.3. The van der Waals surface area contributed by atoms with Gasteiger partial charge in [-0.1, -0.05) is 16.8 Å². The lowest BCUT2D eigenvalue weighted by atomic mass is 10.1. The molecule has 0 aliphatic heterocycles. The van der Waals surface area contributed by atoms with Crippen molar-refractivity contribution in [3.05, 3.63) is 35.1 Å². The normalized spacial score (nSPS) is 10.5. The molecule has 0 bridgehead atoms. The first-order chi connectivity index (χ1) is 7.09. The van der Waals surface area contributed by atoms with Gasteiger partial charge in [0.1, 0.15) is 5.82 Å². The summed E-state index contributed by atoms with van der Waals surface area (Å²) in [6, 6.07) is 4.53. The van der Waals surface area contributed by atoms with Crippen LogP contribution in [0.1, 0.15) is 11.1 Å². The van der Waals surface area contributed by atoms with Crippen LogP contribution < -0.4 is 0 Å². The highest BCUT2D eigenvalue weighted by Gasteiger charge is 1.99. The van der Waals surface area contributed by atoms with E-state index in [1.165, 1.54) is 6.07 Å². The van der Waals surface area contributed by atoms with E-state index in [4.69, 9.17) is 5.11 Å². The first kappa shape index (κ1) is 11.2. The highest BCUT2D eigenvalue weighted by Crippen LogP contribution is 2.07. The molecule has 0 heterocycles. The molecule has 1 aromatic carbocycles. The van der Waals surface area contributed by atoms with Crippen molar-refractivity contribution in [2.24, 2.45) is 5.16 Å². The molecule has 0 unspecified atom stereocenters. The van der Waals surface area contributed by atoms with Gasteiger partial charge in [0.15, 0.2) is 0 Å². The van der Waals surface area contributed by atoms with Crippen molar-refractivity contribution >= 4 is 12.2 Å². The molecule has 1 N–H and O–H groups in total. The smallest absolute Gasteiger partial charge is 0.344 e. The molecule has 4 nitrogen and oxygen atoms in total. The molecule has 0 aliphatic carbocycles. The third-order valence-corrected chi connectivity index (χ3v) is 1.61. The average molecular weight is 211 g/mol. The number of hydrogen-bond donors (Lipinski definition) is 1. The van der Waals surface area contributed by atoms with E-state index in [1.54, 1.807) is 12.1 Å². The molecule has 0 atom stereocenters. The van der Waals surface area contributed by atoms with Gasteiger partial charge >= 0.3 is 5.97 Å². The summed E-state index contributed by atoms with van der Waals surface area (Å²) in [4.78, 5) is 14.5. The number of nitrogens with zero attached hydrogens (tertiary/aromatic N) is 1. The molecule has 0 saturated carbocycles. The number of hydrogen-bond acceptors (Lipinski definition) is 3. The van der Waals surface area contributed by atoms with Crippen molar-refractivity contribution in [1.29, 1.82) is 0 Å². The number of benzene rings is 1. The molecule has 80 valence electrons. The summed E-state index contributed by atoms with van der Waals surface area (Å²) in [5.74, 6) is -1.56. The highest BCUT2D eigenvalue weighted by atomic mass is 19.1. The number of rotatable bonds is 4. The van der Waals surface area contributed by atoms with Gasteiger partial charge in [-0.05, 0) is 19.1 Å². The van der Waals surface area contributed by atoms with Gasteiger partial charge in [0.2, 0.25) is 6.61 Å². The summed E-state index contributed by atoms with van der Waals surface area (Å²) in [7, 11) is 0. The van der Waals surface area contributed by atoms with Gasteiger partial charge in [-0.15, -0.1) is 0 Å². The van der Waals surface area contributed by atoms with Crippen molar-refractivity contribution in [2.75, 3.05) is 6.61 Å². The summed E-state index contributed by atoms with van der Waals surface area (Å²) in [5, 5.41) is 11.6. The molecule has 0 aromatic heterocycles. The lowest BCUT2D eigenvalue weighted by Crippen LogP contribution is -2.03. The third kappa shape index (κ3) is 3.76. The molecule has 1 rings (SSSR count). The molecule has 5 heteroatoms. The SMILES string of the molecule is Cc1ccc(F)c(/C=N/OCC(=O)O)c1. The van der Waals surface area contributed by atoms with Gasteiger partial charge in [0, 0.05) is 5.56 Å². The van der Waals surface area contributed by atoms with Crippen molar-refractivity contribution in [2.45, 2.75) is 6.92 Å². The number of halogens is 1. The minimum Gasteiger partial charge on any atom is -0.479 e. The molecule has 0 amide bonds. The van der Waals surface area contributed by atoms with Crippen molar-refractivity contribution in [1.82, 2.24) is 0 Å². The monoisotopic (exact) mass is 211 g/mol. The maximum absolute atomic E-state index is 13.1. The maximum atomic E-state index is 13.1. The van der Waals surface area contributed by atoms with Crippen LogP contribution in [0, 0.1) is 12.7 Å². The molecule has 15 heavy (non-hydrogen) atoms. The van der Waals surface area contributed by atoms with E-state index in [2.05, 4.69) is 9.99 Å². The fourth-order valence-electron chi connectivity index (χ4n) is 0.949. The van der Waals surface area contributed by atoms with Gasteiger partial charge < -0.3 is 9.94 Å². The minimum atomic E-state index is -1.13. The Kier molecular flexibility index (Phi) is 3.79. The predicted molar refractivity (Wildman–Crippen MR) is 52.3 cm³/mol. The fraction of sp³-hybridized carbons (Fsp3) is 0.200. The Morgan fingerprint density at radius 3 is 3.07 bits per heavy atom. The van der Waals surface area contributed by atoms with E-state index in [0.29, 0.717) is 0 Å². The summed E-state index contributed by atoms with van der Waals surface area (Å²) < 4.78 is 13.1. The zero-order valence-corrected chi connectivity index (χ0v) is 8.11.